The van der Waals surface area contributed by atoms with Crippen LogP contribution in [0.4, 0.5) is 0 Å². The van der Waals surface area contributed by atoms with E-state index in [9.17, 15) is 19.2 Å². The SMILES string of the molecule is O=C1CCC(=O)[NH+]1Cc1cccc(C[NH+]2C(=O)CCC2=O)c1.[Cl-].[Cl-]. The highest BCUT2D eigenvalue weighted by Gasteiger charge is 2.36. The van der Waals surface area contributed by atoms with E-state index in [1.54, 1.807) is 0 Å². The predicted octanol–water partition coefficient (Wildman–Crippen LogP) is -7.84. The van der Waals surface area contributed by atoms with Crippen molar-refractivity contribution in [2.24, 2.45) is 0 Å². The largest absolute Gasteiger partial charge is 1.00 e. The van der Waals surface area contributed by atoms with Gasteiger partial charge in [0.2, 0.25) is 0 Å². The number of benzene rings is 1. The summed E-state index contributed by atoms with van der Waals surface area (Å²) in [5, 5.41) is 0. The average molecular weight is 373 g/mol. The van der Waals surface area contributed by atoms with E-state index in [4.69, 9.17) is 0 Å². The molecule has 2 heterocycles. The average Bonchev–Trinajstić information content (AvgIpc) is 2.98. The summed E-state index contributed by atoms with van der Waals surface area (Å²) in [6.45, 7) is 0.672. The van der Waals surface area contributed by atoms with Crippen LogP contribution in [-0.4, -0.2) is 23.6 Å². The maximum atomic E-state index is 11.7. The molecule has 6 nitrogen and oxygen atoms in total. The van der Waals surface area contributed by atoms with Crippen LogP contribution in [0.2, 0.25) is 0 Å². The molecule has 0 unspecified atom stereocenters. The van der Waals surface area contributed by atoms with Crippen LogP contribution in [-0.2, 0) is 32.3 Å². The number of rotatable bonds is 4. The molecular weight excluding hydrogens is 355 g/mol. The van der Waals surface area contributed by atoms with Gasteiger partial charge in [-0.2, -0.15) is 0 Å². The summed E-state index contributed by atoms with van der Waals surface area (Å²) < 4.78 is 0. The van der Waals surface area contributed by atoms with Gasteiger partial charge < -0.3 is 24.8 Å². The van der Waals surface area contributed by atoms with E-state index < -0.39 is 0 Å². The molecular formula is C16H18Cl2N2O4. The summed E-state index contributed by atoms with van der Waals surface area (Å²) >= 11 is 0. The van der Waals surface area contributed by atoms with E-state index >= 15 is 0 Å². The van der Waals surface area contributed by atoms with Crippen molar-refractivity contribution in [3.63, 3.8) is 0 Å². The number of imide groups is 2. The molecule has 0 aromatic heterocycles. The monoisotopic (exact) mass is 372 g/mol. The van der Waals surface area contributed by atoms with Crippen LogP contribution in [0.1, 0.15) is 36.8 Å². The highest BCUT2D eigenvalue weighted by atomic mass is 35.5. The molecule has 2 N–H and O–H groups in total. The molecule has 2 saturated heterocycles. The van der Waals surface area contributed by atoms with Crippen molar-refractivity contribution in [3.05, 3.63) is 35.4 Å². The van der Waals surface area contributed by atoms with Gasteiger partial charge in [-0.1, -0.05) is 18.2 Å². The van der Waals surface area contributed by atoms with Gasteiger partial charge in [-0.15, -0.1) is 0 Å². The van der Waals surface area contributed by atoms with E-state index in [0.717, 1.165) is 11.1 Å². The lowest BCUT2D eigenvalue weighted by Crippen LogP contribution is -3.13. The quantitative estimate of drug-likeness (QED) is 0.515. The lowest BCUT2D eigenvalue weighted by atomic mass is 10.1. The first-order valence-corrected chi connectivity index (χ1v) is 7.47. The molecule has 0 atom stereocenters. The van der Waals surface area contributed by atoms with Gasteiger partial charge in [0.05, 0.1) is 25.7 Å². The molecule has 2 aliphatic heterocycles. The number of hydrogen-bond acceptors (Lipinski definition) is 4. The molecule has 8 heteroatoms. The number of quaternary nitrogens is 2. The Bertz CT molecular complexity index is 593. The third-order valence-corrected chi connectivity index (χ3v) is 4.26. The van der Waals surface area contributed by atoms with Crippen LogP contribution in [0, 0.1) is 0 Å². The summed E-state index contributed by atoms with van der Waals surface area (Å²) in [5.41, 5.74) is 1.74. The second-order valence-electron chi connectivity index (χ2n) is 5.82. The fourth-order valence-electron chi connectivity index (χ4n) is 3.02. The van der Waals surface area contributed by atoms with Crippen molar-refractivity contribution >= 4 is 23.6 Å². The third-order valence-electron chi connectivity index (χ3n) is 4.26. The van der Waals surface area contributed by atoms with Gasteiger partial charge in [0.1, 0.15) is 13.1 Å². The zero-order chi connectivity index (χ0) is 15.7. The Morgan fingerprint density at radius 1 is 0.667 bits per heavy atom. The van der Waals surface area contributed by atoms with Gasteiger partial charge in [-0.05, 0) is 6.07 Å². The third kappa shape index (κ3) is 4.27. The maximum Gasteiger partial charge on any atom is 0.320 e. The van der Waals surface area contributed by atoms with Crippen molar-refractivity contribution in [2.45, 2.75) is 38.8 Å². The second kappa shape index (κ2) is 8.48. The number of amides is 4. The Labute approximate surface area is 152 Å². The number of carbonyl (C=O) groups is 4. The molecule has 3 rings (SSSR count). The van der Waals surface area contributed by atoms with Gasteiger partial charge in [-0.25, -0.2) is 29.0 Å². The lowest BCUT2D eigenvalue weighted by molar-refractivity contribution is -0.747. The smallest absolute Gasteiger partial charge is 0.320 e. The highest BCUT2D eigenvalue weighted by Crippen LogP contribution is 2.06. The normalized spacial score (nSPS) is 18.7. The van der Waals surface area contributed by atoms with Gasteiger partial charge in [0.15, 0.2) is 0 Å². The molecule has 1 aromatic carbocycles. The van der Waals surface area contributed by atoms with E-state index in [-0.39, 0.29) is 48.4 Å². The van der Waals surface area contributed by atoms with Crippen LogP contribution in [0.3, 0.4) is 0 Å². The molecule has 0 saturated carbocycles. The molecule has 0 bridgehead atoms. The first kappa shape index (κ1) is 20.4. The van der Waals surface area contributed by atoms with Crippen LogP contribution in [0.25, 0.3) is 0 Å². The zero-order valence-electron chi connectivity index (χ0n) is 12.9. The van der Waals surface area contributed by atoms with E-state index in [1.165, 1.54) is 0 Å². The first-order valence-electron chi connectivity index (χ1n) is 7.47. The molecule has 0 spiro atoms. The Hall–Kier alpha value is -1.60. The van der Waals surface area contributed by atoms with E-state index in [0.29, 0.717) is 48.6 Å². The molecule has 2 fully saturated rings. The first-order chi connectivity index (χ1) is 10.5. The van der Waals surface area contributed by atoms with Crippen molar-refractivity contribution in [3.8, 4) is 0 Å². The summed E-state index contributed by atoms with van der Waals surface area (Å²) in [6, 6.07) is 7.42. The molecule has 4 amide bonds. The van der Waals surface area contributed by atoms with Crippen LogP contribution >= 0.6 is 0 Å². The minimum Gasteiger partial charge on any atom is -1.00 e. The molecule has 0 aliphatic carbocycles. The highest BCUT2D eigenvalue weighted by molar-refractivity contribution is 5.88. The number of hydrogen-bond donors (Lipinski definition) is 2. The van der Waals surface area contributed by atoms with Crippen molar-refractivity contribution < 1.29 is 53.8 Å². The fraction of sp³-hybridized carbons (Fsp3) is 0.375. The van der Waals surface area contributed by atoms with E-state index in [1.807, 2.05) is 24.3 Å². The summed E-state index contributed by atoms with van der Waals surface area (Å²) in [6.07, 6.45) is 1.26. The minimum absolute atomic E-state index is 0. The Morgan fingerprint density at radius 2 is 1.00 bits per heavy atom. The second-order valence-corrected chi connectivity index (χ2v) is 5.82. The van der Waals surface area contributed by atoms with E-state index in [2.05, 4.69) is 0 Å². The molecule has 0 radical (unpaired) electrons. The molecule has 1 aromatic rings. The predicted molar refractivity (Wildman–Crippen MR) is 74.3 cm³/mol. The van der Waals surface area contributed by atoms with Crippen molar-refractivity contribution in [1.29, 1.82) is 0 Å². The molecule has 24 heavy (non-hydrogen) atoms. The topological polar surface area (TPSA) is 77.2 Å². The summed E-state index contributed by atoms with van der Waals surface area (Å²) in [4.78, 5) is 47.5. The Morgan fingerprint density at radius 3 is 1.33 bits per heavy atom. The lowest BCUT2D eigenvalue weighted by Gasteiger charge is -2.11. The Kier molecular flexibility index (Phi) is 7.23. The van der Waals surface area contributed by atoms with Gasteiger partial charge in [-0.3, -0.25) is 0 Å². The standard InChI is InChI=1S/C16H16N2O4.2ClH/c19-13-4-5-14(20)17(13)9-11-2-1-3-12(8-11)10-18-15(21)6-7-16(18)22;;/h1-3,8H,4-7,9-10H2;2*1H. The Balaban J connectivity index is 0.00000144. The number of halogens is 2. The number of likely N-dealkylation sites (tertiary alicyclic amines) is 2. The minimum atomic E-state index is -0.0640. The van der Waals surface area contributed by atoms with Crippen LogP contribution in [0.5, 0.6) is 0 Å². The van der Waals surface area contributed by atoms with Gasteiger partial charge >= 0.3 is 23.6 Å². The van der Waals surface area contributed by atoms with Gasteiger partial charge in [0, 0.05) is 11.1 Å². The zero-order valence-corrected chi connectivity index (χ0v) is 14.5. The fourth-order valence-corrected chi connectivity index (χ4v) is 3.02. The van der Waals surface area contributed by atoms with Gasteiger partial charge in [0.25, 0.3) is 0 Å². The van der Waals surface area contributed by atoms with Crippen LogP contribution in [0.15, 0.2) is 24.3 Å². The van der Waals surface area contributed by atoms with Crippen LogP contribution < -0.4 is 34.6 Å². The number of nitrogens with one attached hydrogen (secondary N) is 2. The van der Waals surface area contributed by atoms with Crippen molar-refractivity contribution in [2.75, 3.05) is 0 Å². The summed E-state index contributed by atoms with van der Waals surface area (Å²) in [5.74, 6) is -0.256. The molecule has 130 valence electrons. The maximum absolute atomic E-state index is 11.7. The molecule has 2 aliphatic rings. The summed E-state index contributed by atoms with van der Waals surface area (Å²) in [7, 11) is 0. The van der Waals surface area contributed by atoms with Crippen molar-refractivity contribution in [1.82, 2.24) is 0 Å². The number of carbonyl (C=O) groups excluding carboxylic acids is 4.